The Labute approximate surface area is 148 Å². The van der Waals surface area contributed by atoms with Gasteiger partial charge in [-0.1, -0.05) is 11.6 Å². The Balaban J connectivity index is 2.02. The third kappa shape index (κ3) is 3.77. The highest BCUT2D eigenvalue weighted by Gasteiger charge is 2.17. The van der Waals surface area contributed by atoms with Crippen molar-refractivity contribution in [1.82, 2.24) is 9.38 Å². The van der Waals surface area contributed by atoms with Gasteiger partial charge in [-0.25, -0.2) is 4.98 Å². The van der Waals surface area contributed by atoms with E-state index in [-0.39, 0.29) is 18.8 Å². The Morgan fingerprint density at radius 3 is 2.76 bits per heavy atom. The first-order chi connectivity index (χ1) is 12.1. The van der Waals surface area contributed by atoms with E-state index in [2.05, 4.69) is 15.2 Å². The number of hydrogen-bond acceptors (Lipinski definition) is 6. The number of halogens is 1. The van der Waals surface area contributed by atoms with Gasteiger partial charge in [-0.3, -0.25) is 9.20 Å². The number of azo groups is 1. The summed E-state index contributed by atoms with van der Waals surface area (Å²) in [5.41, 5.74) is 1.27. The second-order valence-corrected chi connectivity index (χ2v) is 5.56. The summed E-state index contributed by atoms with van der Waals surface area (Å²) in [6.07, 6.45) is 1.62. The third-order valence-electron chi connectivity index (χ3n) is 3.38. The van der Waals surface area contributed by atoms with Crippen LogP contribution in [0.4, 0.5) is 11.5 Å². The SMILES string of the molecule is CCOC(=O)Cc1nc2c(O)cccn2c1N=Nc1ccc(Cl)cc1. The molecule has 0 bridgehead atoms. The summed E-state index contributed by atoms with van der Waals surface area (Å²) in [7, 11) is 0. The molecule has 0 amide bonds. The molecule has 0 spiro atoms. The number of hydrogen-bond donors (Lipinski definition) is 1. The highest BCUT2D eigenvalue weighted by molar-refractivity contribution is 6.30. The maximum absolute atomic E-state index is 11.8. The Hall–Kier alpha value is -2.93. The van der Waals surface area contributed by atoms with E-state index in [1.165, 1.54) is 6.07 Å². The molecule has 3 aromatic rings. The van der Waals surface area contributed by atoms with Crippen LogP contribution in [0.25, 0.3) is 5.65 Å². The zero-order chi connectivity index (χ0) is 17.8. The Kier molecular flexibility index (Phi) is 4.95. The maximum atomic E-state index is 11.8. The molecular weight excluding hydrogens is 344 g/mol. The van der Waals surface area contributed by atoms with E-state index in [0.717, 1.165) is 0 Å². The fourth-order valence-electron chi connectivity index (χ4n) is 2.27. The van der Waals surface area contributed by atoms with Gasteiger partial charge in [0, 0.05) is 11.2 Å². The van der Waals surface area contributed by atoms with Gasteiger partial charge in [-0.15, -0.1) is 10.2 Å². The van der Waals surface area contributed by atoms with Gasteiger partial charge in [0.1, 0.15) is 0 Å². The Morgan fingerprint density at radius 2 is 2.04 bits per heavy atom. The van der Waals surface area contributed by atoms with Crippen LogP contribution in [0.2, 0.25) is 5.02 Å². The van der Waals surface area contributed by atoms with Crippen molar-refractivity contribution in [2.75, 3.05) is 6.61 Å². The zero-order valence-corrected chi connectivity index (χ0v) is 14.1. The van der Waals surface area contributed by atoms with Crippen LogP contribution in [0.1, 0.15) is 12.6 Å². The van der Waals surface area contributed by atoms with Gasteiger partial charge in [-0.2, -0.15) is 0 Å². The number of benzene rings is 1. The van der Waals surface area contributed by atoms with Crippen molar-refractivity contribution in [3.05, 3.63) is 53.3 Å². The summed E-state index contributed by atoms with van der Waals surface area (Å²) in [5.74, 6) is -0.0807. The van der Waals surface area contributed by atoms with Crippen molar-refractivity contribution < 1.29 is 14.6 Å². The first-order valence-corrected chi connectivity index (χ1v) is 7.98. The molecule has 0 atom stereocenters. The van der Waals surface area contributed by atoms with E-state index in [4.69, 9.17) is 16.3 Å². The normalized spacial score (nSPS) is 11.3. The van der Waals surface area contributed by atoms with Crippen LogP contribution in [0.3, 0.4) is 0 Å². The number of carbonyl (C=O) groups is 1. The molecule has 0 aliphatic rings. The number of pyridine rings is 1. The average molecular weight is 359 g/mol. The van der Waals surface area contributed by atoms with E-state index in [1.54, 1.807) is 47.9 Å². The van der Waals surface area contributed by atoms with Gasteiger partial charge >= 0.3 is 5.97 Å². The summed E-state index contributed by atoms with van der Waals surface area (Å²) < 4.78 is 6.54. The van der Waals surface area contributed by atoms with Crippen molar-refractivity contribution in [2.45, 2.75) is 13.3 Å². The third-order valence-corrected chi connectivity index (χ3v) is 3.63. The number of nitrogens with zero attached hydrogens (tertiary/aromatic N) is 4. The predicted molar refractivity (Wildman–Crippen MR) is 92.8 cm³/mol. The fraction of sp³-hybridized carbons (Fsp3) is 0.176. The average Bonchev–Trinajstić information content (AvgIpc) is 2.93. The lowest BCUT2D eigenvalue weighted by molar-refractivity contribution is -0.142. The standard InChI is InChI=1S/C17H15ClN4O3/c1-2-25-15(24)10-13-16(21-20-12-7-5-11(18)6-8-12)22-9-3-4-14(23)17(22)19-13/h3-9,23H,2,10H2,1H3. The van der Waals surface area contributed by atoms with Crippen LogP contribution >= 0.6 is 11.6 Å². The highest BCUT2D eigenvalue weighted by Crippen LogP contribution is 2.29. The molecule has 1 N–H and O–H groups in total. The molecule has 2 aromatic heterocycles. The largest absolute Gasteiger partial charge is 0.504 e. The molecule has 7 nitrogen and oxygen atoms in total. The van der Waals surface area contributed by atoms with Crippen LogP contribution in [-0.2, 0) is 16.0 Å². The lowest BCUT2D eigenvalue weighted by Gasteiger charge is -2.00. The molecule has 2 heterocycles. The van der Waals surface area contributed by atoms with Crippen molar-refractivity contribution >= 4 is 34.7 Å². The molecule has 0 aliphatic heterocycles. The van der Waals surface area contributed by atoms with Gasteiger partial charge < -0.3 is 9.84 Å². The number of aromatic nitrogens is 2. The minimum atomic E-state index is -0.423. The number of imidazole rings is 1. The van der Waals surface area contributed by atoms with Crippen LogP contribution in [0, 0.1) is 0 Å². The Bertz CT molecular complexity index is 935. The number of rotatable bonds is 5. The molecule has 3 rings (SSSR count). The topological polar surface area (TPSA) is 88.5 Å². The number of aromatic hydroxyl groups is 1. The minimum Gasteiger partial charge on any atom is -0.504 e. The summed E-state index contributed by atoms with van der Waals surface area (Å²) in [5, 5.41) is 18.9. The molecular formula is C17H15ClN4O3. The van der Waals surface area contributed by atoms with E-state index in [1.807, 2.05) is 0 Å². The molecule has 0 saturated carbocycles. The summed E-state index contributed by atoms with van der Waals surface area (Å²) >= 11 is 5.85. The number of fused-ring (bicyclic) bond motifs is 1. The Morgan fingerprint density at radius 1 is 1.28 bits per heavy atom. The van der Waals surface area contributed by atoms with Crippen molar-refractivity contribution in [3.63, 3.8) is 0 Å². The quantitative estimate of drug-likeness (QED) is 0.546. The van der Waals surface area contributed by atoms with Crippen LogP contribution in [0.15, 0.2) is 52.8 Å². The number of esters is 1. The van der Waals surface area contributed by atoms with Gasteiger partial charge in [0.25, 0.3) is 0 Å². The molecule has 0 unspecified atom stereocenters. The predicted octanol–water partition coefficient (Wildman–Crippen LogP) is 4.21. The second-order valence-electron chi connectivity index (χ2n) is 5.13. The summed E-state index contributed by atoms with van der Waals surface area (Å²) in [4.78, 5) is 16.1. The second kappa shape index (κ2) is 7.31. The van der Waals surface area contributed by atoms with Gasteiger partial charge in [-0.05, 0) is 43.3 Å². The molecule has 0 fully saturated rings. The first kappa shape index (κ1) is 16.9. The molecule has 0 radical (unpaired) electrons. The van der Waals surface area contributed by atoms with E-state index >= 15 is 0 Å². The highest BCUT2D eigenvalue weighted by atomic mass is 35.5. The molecule has 0 aliphatic carbocycles. The molecule has 0 saturated heterocycles. The molecule has 8 heteroatoms. The van der Waals surface area contributed by atoms with Gasteiger partial charge in [0.2, 0.25) is 0 Å². The molecule has 128 valence electrons. The van der Waals surface area contributed by atoms with Crippen LogP contribution in [-0.4, -0.2) is 27.1 Å². The van der Waals surface area contributed by atoms with Crippen LogP contribution < -0.4 is 0 Å². The number of ether oxygens (including phenoxy) is 1. The van der Waals surface area contributed by atoms with Crippen molar-refractivity contribution in [3.8, 4) is 5.75 Å². The summed E-state index contributed by atoms with van der Waals surface area (Å²) in [6, 6.07) is 10.0. The molecule has 25 heavy (non-hydrogen) atoms. The van der Waals surface area contributed by atoms with Gasteiger partial charge in [0.15, 0.2) is 17.2 Å². The minimum absolute atomic E-state index is 0.0134. The first-order valence-electron chi connectivity index (χ1n) is 7.60. The van der Waals surface area contributed by atoms with Gasteiger partial charge in [0.05, 0.1) is 24.4 Å². The maximum Gasteiger partial charge on any atom is 0.312 e. The van der Waals surface area contributed by atoms with E-state index < -0.39 is 5.97 Å². The fourth-order valence-corrected chi connectivity index (χ4v) is 2.40. The smallest absolute Gasteiger partial charge is 0.312 e. The summed E-state index contributed by atoms with van der Waals surface area (Å²) in [6.45, 7) is 2.01. The monoisotopic (exact) mass is 358 g/mol. The van der Waals surface area contributed by atoms with E-state index in [9.17, 15) is 9.90 Å². The lowest BCUT2D eigenvalue weighted by Crippen LogP contribution is -2.07. The van der Waals surface area contributed by atoms with Crippen molar-refractivity contribution in [2.24, 2.45) is 10.2 Å². The van der Waals surface area contributed by atoms with Crippen LogP contribution in [0.5, 0.6) is 5.75 Å². The molecule has 1 aromatic carbocycles. The number of carbonyl (C=O) groups excluding carboxylic acids is 1. The zero-order valence-electron chi connectivity index (χ0n) is 13.4. The van der Waals surface area contributed by atoms with Crippen molar-refractivity contribution in [1.29, 1.82) is 0 Å². The van der Waals surface area contributed by atoms with E-state index in [0.29, 0.717) is 27.9 Å². The lowest BCUT2D eigenvalue weighted by atomic mass is 10.3.